The Hall–Kier alpha value is -1.40. The fourth-order valence-electron chi connectivity index (χ4n) is 1.99. The zero-order valence-corrected chi connectivity index (χ0v) is 12.4. The Labute approximate surface area is 114 Å². The van der Waals surface area contributed by atoms with Crippen LogP contribution in [0.2, 0.25) is 0 Å². The van der Waals surface area contributed by atoms with E-state index in [1.807, 2.05) is 32.5 Å². The van der Waals surface area contributed by atoms with E-state index in [0.717, 1.165) is 17.0 Å². The minimum atomic E-state index is -0.0243. The summed E-state index contributed by atoms with van der Waals surface area (Å²) in [4.78, 5) is 11.6. The van der Waals surface area contributed by atoms with Gasteiger partial charge in [0.25, 0.3) is 0 Å². The molecule has 6 nitrogen and oxygen atoms in total. The zero-order valence-electron chi connectivity index (χ0n) is 12.4. The fourth-order valence-corrected chi connectivity index (χ4v) is 1.99. The largest absolute Gasteiger partial charge is 0.383 e. The highest BCUT2D eigenvalue weighted by Crippen LogP contribution is 2.10. The maximum Gasteiger partial charge on any atom is 0.234 e. The van der Waals surface area contributed by atoms with Crippen LogP contribution in [0.3, 0.4) is 0 Å². The predicted octanol–water partition coefficient (Wildman–Crippen LogP) is 0.278. The lowest BCUT2D eigenvalue weighted by Crippen LogP contribution is -2.40. The fraction of sp³-hybridized carbons (Fsp3) is 0.692. The van der Waals surface area contributed by atoms with Gasteiger partial charge in [-0.3, -0.25) is 9.48 Å². The summed E-state index contributed by atoms with van der Waals surface area (Å²) >= 11 is 0. The summed E-state index contributed by atoms with van der Waals surface area (Å²) in [5.74, 6) is -0.0243. The molecule has 0 aliphatic rings. The van der Waals surface area contributed by atoms with Crippen LogP contribution in [0.5, 0.6) is 0 Å². The normalized spacial score (nSPS) is 12.5. The lowest BCUT2D eigenvalue weighted by Gasteiger charge is -2.13. The number of ether oxygens (including phenoxy) is 1. The number of hydrogen-bond acceptors (Lipinski definition) is 4. The molecule has 1 aromatic heterocycles. The van der Waals surface area contributed by atoms with Crippen molar-refractivity contribution in [2.75, 3.05) is 20.3 Å². The molecule has 1 atom stereocenters. The molecular formula is C13H24N4O2. The molecule has 0 bridgehead atoms. The second-order valence-corrected chi connectivity index (χ2v) is 4.80. The van der Waals surface area contributed by atoms with Gasteiger partial charge in [0.05, 0.1) is 18.8 Å². The second kappa shape index (κ2) is 7.25. The molecule has 0 saturated carbocycles. The zero-order chi connectivity index (χ0) is 14.4. The molecule has 1 aromatic rings. The van der Waals surface area contributed by atoms with Crippen LogP contribution in [-0.2, 0) is 23.1 Å². The highest BCUT2D eigenvalue weighted by Gasteiger charge is 2.10. The van der Waals surface area contributed by atoms with Crippen LogP contribution in [0.15, 0.2) is 0 Å². The number of amides is 1. The minimum Gasteiger partial charge on any atom is -0.383 e. The average molecular weight is 268 g/mol. The molecule has 1 amide bonds. The van der Waals surface area contributed by atoms with Crippen molar-refractivity contribution in [1.29, 1.82) is 0 Å². The van der Waals surface area contributed by atoms with Crippen LogP contribution < -0.4 is 10.6 Å². The third kappa shape index (κ3) is 4.65. The summed E-state index contributed by atoms with van der Waals surface area (Å²) in [6, 6.07) is 0.0289. The molecule has 0 aliphatic heterocycles. The molecule has 1 unspecified atom stereocenters. The molecule has 0 radical (unpaired) electrons. The van der Waals surface area contributed by atoms with E-state index >= 15 is 0 Å². The van der Waals surface area contributed by atoms with Crippen LogP contribution in [0.1, 0.15) is 23.9 Å². The van der Waals surface area contributed by atoms with Gasteiger partial charge in [-0.15, -0.1) is 0 Å². The standard InChI is InChI=1S/C13H24N4O2/c1-9(8-19-5)15-13(18)7-14-6-12-10(2)16-17(4)11(12)3/h9,14H,6-8H2,1-5H3,(H,15,18). The third-order valence-corrected chi connectivity index (χ3v) is 3.07. The van der Waals surface area contributed by atoms with E-state index < -0.39 is 0 Å². The molecule has 1 heterocycles. The van der Waals surface area contributed by atoms with E-state index in [2.05, 4.69) is 15.7 Å². The van der Waals surface area contributed by atoms with Gasteiger partial charge >= 0.3 is 0 Å². The van der Waals surface area contributed by atoms with E-state index in [-0.39, 0.29) is 11.9 Å². The number of carbonyl (C=O) groups excluding carboxylic acids is 1. The Morgan fingerprint density at radius 3 is 2.68 bits per heavy atom. The first kappa shape index (κ1) is 15.7. The number of rotatable bonds is 7. The van der Waals surface area contributed by atoms with Gasteiger partial charge < -0.3 is 15.4 Å². The SMILES string of the molecule is COCC(C)NC(=O)CNCc1c(C)nn(C)c1C. The summed E-state index contributed by atoms with van der Waals surface area (Å²) in [6.45, 7) is 7.38. The molecule has 6 heteroatoms. The van der Waals surface area contributed by atoms with Crippen molar-refractivity contribution in [2.45, 2.75) is 33.4 Å². The highest BCUT2D eigenvalue weighted by molar-refractivity contribution is 5.78. The monoisotopic (exact) mass is 268 g/mol. The summed E-state index contributed by atoms with van der Waals surface area (Å²) in [5.41, 5.74) is 3.28. The van der Waals surface area contributed by atoms with Gasteiger partial charge in [-0.1, -0.05) is 0 Å². The Morgan fingerprint density at radius 1 is 1.47 bits per heavy atom. The summed E-state index contributed by atoms with van der Waals surface area (Å²) in [7, 11) is 3.54. The molecule has 108 valence electrons. The van der Waals surface area contributed by atoms with E-state index in [4.69, 9.17) is 4.74 Å². The lowest BCUT2D eigenvalue weighted by molar-refractivity contribution is -0.121. The van der Waals surface area contributed by atoms with Crippen LogP contribution in [0, 0.1) is 13.8 Å². The molecule has 1 rings (SSSR count). The Kier molecular flexibility index (Phi) is 5.98. The number of methoxy groups -OCH3 is 1. The predicted molar refractivity (Wildman–Crippen MR) is 73.9 cm³/mol. The van der Waals surface area contributed by atoms with Gasteiger partial charge in [-0.2, -0.15) is 5.10 Å². The number of hydrogen-bond donors (Lipinski definition) is 2. The summed E-state index contributed by atoms with van der Waals surface area (Å²) < 4.78 is 6.82. The van der Waals surface area contributed by atoms with Gasteiger partial charge in [0, 0.05) is 38.0 Å². The van der Waals surface area contributed by atoms with Crippen molar-refractivity contribution in [3.63, 3.8) is 0 Å². The third-order valence-electron chi connectivity index (χ3n) is 3.07. The van der Waals surface area contributed by atoms with Gasteiger partial charge in [0.15, 0.2) is 0 Å². The van der Waals surface area contributed by atoms with E-state index in [1.54, 1.807) is 7.11 Å². The van der Waals surface area contributed by atoms with E-state index in [0.29, 0.717) is 19.7 Å². The first-order valence-electron chi connectivity index (χ1n) is 6.43. The first-order chi connectivity index (χ1) is 8.95. The number of carbonyl (C=O) groups is 1. The number of nitrogens with one attached hydrogen (secondary N) is 2. The van der Waals surface area contributed by atoms with Crippen molar-refractivity contribution < 1.29 is 9.53 Å². The van der Waals surface area contributed by atoms with Gasteiger partial charge in [0.2, 0.25) is 5.91 Å². The molecule has 0 spiro atoms. The number of nitrogens with zero attached hydrogens (tertiary/aromatic N) is 2. The van der Waals surface area contributed by atoms with E-state index in [1.165, 1.54) is 0 Å². The van der Waals surface area contributed by atoms with Gasteiger partial charge in [-0.25, -0.2) is 0 Å². The topological polar surface area (TPSA) is 68.2 Å². The number of aromatic nitrogens is 2. The van der Waals surface area contributed by atoms with Crippen LogP contribution >= 0.6 is 0 Å². The number of aryl methyl sites for hydroxylation is 2. The second-order valence-electron chi connectivity index (χ2n) is 4.80. The highest BCUT2D eigenvalue weighted by atomic mass is 16.5. The molecule has 2 N–H and O–H groups in total. The van der Waals surface area contributed by atoms with E-state index in [9.17, 15) is 4.79 Å². The summed E-state index contributed by atoms with van der Waals surface area (Å²) in [5, 5.41) is 10.3. The smallest absolute Gasteiger partial charge is 0.234 e. The Balaban J connectivity index is 2.36. The molecule has 19 heavy (non-hydrogen) atoms. The van der Waals surface area contributed by atoms with Gasteiger partial charge in [0.1, 0.15) is 0 Å². The van der Waals surface area contributed by atoms with Gasteiger partial charge in [-0.05, 0) is 20.8 Å². The van der Waals surface area contributed by atoms with Crippen molar-refractivity contribution in [1.82, 2.24) is 20.4 Å². The maximum atomic E-state index is 11.6. The van der Waals surface area contributed by atoms with Crippen molar-refractivity contribution in [3.8, 4) is 0 Å². The molecule has 0 aliphatic carbocycles. The minimum absolute atomic E-state index is 0.0243. The Bertz CT molecular complexity index is 429. The van der Waals surface area contributed by atoms with Crippen molar-refractivity contribution in [2.24, 2.45) is 7.05 Å². The quantitative estimate of drug-likeness (QED) is 0.745. The summed E-state index contributed by atoms with van der Waals surface area (Å²) in [6.07, 6.45) is 0. The molecule has 0 fully saturated rings. The first-order valence-corrected chi connectivity index (χ1v) is 6.43. The van der Waals surface area contributed by atoms with Crippen LogP contribution in [0.4, 0.5) is 0 Å². The molecular weight excluding hydrogens is 244 g/mol. The average Bonchev–Trinajstić information content (AvgIpc) is 2.55. The maximum absolute atomic E-state index is 11.6. The molecule has 0 aromatic carbocycles. The van der Waals surface area contributed by atoms with Crippen LogP contribution in [-0.4, -0.2) is 42.0 Å². The molecule has 0 saturated heterocycles. The van der Waals surface area contributed by atoms with Crippen molar-refractivity contribution >= 4 is 5.91 Å². The Morgan fingerprint density at radius 2 is 2.16 bits per heavy atom. The van der Waals surface area contributed by atoms with Crippen LogP contribution in [0.25, 0.3) is 0 Å². The lowest BCUT2D eigenvalue weighted by atomic mass is 10.2. The van der Waals surface area contributed by atoms with Crippen molar-refractivity contribution in [3.05, 3.63) is 17.0 Å².